The lowest BCUT2D eigenvalue weighted by molar-refractivity contribution is -0.270. The van der Waals surface area contributed by atoms with E-state index in [0.717, 1.165) is 32.6 Å². The van der Waals surface area contributed by atoms with Crippen molar-refractivity contribution in [2.24, 2.45) is 0 Å². The van der Waals surface area contributed by atoms with Crippen LogP contribution >= 0.6 is 0 Å². The third-order valence-corrected chi connectivity index (χ3v) is 6.36. The number of carbonyl (C=O) groups is 5. The van der Waals surface area contributed by atoms with Crippen LogP contribution in [0.5, 0.6) is 5.75 Å². The molecule has 15 heteroatoms. The number of methoxy groups -OCH3 is 1. The highest BCUT2D eigenvalue weighted by Gasteiger charge is 2.53. The van der Waals surface area contributed by atoms with Gasteiger partial charge in [-0.3, -0.25) is 24.0 Å². The summed E-state index contributed by atoms with van der Waals surface area (Å²) < 4.78 is 35.9. The standard InChI is InChI=1S/C27H30N4O11/c1-14(33)38-13-23-24(39-15(2)34)25(40-16(3)35)26(41-17(4)36)27(42-23)31-11-19(28-29-31)10-30-9-18(12-32)21-8-20(37-5)6-7-22(21)30/h6-9,11-12,23-27H,10,13H2,1-5H3/t23-,24-,25+,26-,27-/m1/s1. The highest BCUT2D eigenvalue weighted by molar-refractivity contribution is 5.98. The molecule has 0 unspecified atom stereocenters. The third-order valence-electron chi connectivity index (χ3n) is 6.36. The topological polar surface area (TPSA) is 176 Å². The van der Waals surface area contributed by atoms with Crippen LogP contribution < -0.4 is 4.74 Å². The quantitative estimate of drug-likeness (QED) is 0.189. The van der Waals surface area contributed by atoms with Gasteiger partial charge in [-0.05, 0) is 18.2 Å². The third kappa shape index (κ3) is 6.74. The normalized spacial score (nSPS) is 21.8. The molecule has 3 aromatic rings. The molecule has 2 aromatic heterocycles. The van der Waals surface area contributed by atoms with Gasteiger partial charge in [-0.15, -0.1) is 5.10 Å². The van der Waals surface area contributed by atoms with Gasteiger partial charge in [0.2, 0.25) is 0 Å². The van der Waals surface area contributed by atoms with Crippen molar-refractivity contribution in [1.82, 2.24) is 19.6 Å². The number of benzene rings is 1. The Hall–Kier alpha value is -4.79. The molecule has 0 amide bonds. The van der Waals surface area contributed by atoms with E-state index in [4.69, 9.17) is 28.4 Å². The van der Waals surface area contributed by atoms with E-state index < -0.39 is 54.5 Å². The maximum Gasteiger partial charge on any atom is 0.303 e. The second kappa shape index (κ2) is 12.8. The number of carbonyl (C=O) groups excluding carboxylic acids is 5. The number of rotatable bonds is 10. The zero-order valence-corrected chi connectivity index (χ0v) is 23.5. The minimum Gasteiger partial charge on any atom is -0.497 e. The van der Waals surface area contributed by atoms with E-state index in [1.54, 1.807) is 22.9 Å². The molecular weight excluding hydrogens is 556 g/mol. The summed E-state index contributed by atoms with van der Waals surface area (Å²) in [6.45, 7) is 4.44. The Kier molecular flexibility index (Phi) is 9.20. The Labute approximate surface area is 239 Å². The van der Waals surface area contributed by atoms with Crippen molar-refractivity contribution in [3.05, 3.63) is 41.9 Å². The van der Waals surface area contributed by atoms with Crippen molar-refractivity contribution >= 4 is 41.1 Å². The molecule has 0 spiro atoms. The molecule has 224 valence electrons. The molecule has 0 radical (unpaired) electrons. The van der Waals surface area contributed by atoms with Crippen LogP contribution in [-0.4, -0.2) is 87.9 Å². The van der Waals surface area contributed by atoms with Gasteiger partial charge in [0.1, 0.15) is 24.2 Å². The fourth-order valence-corrected chi connectivity index (χ4v) is 4.76. The summed E-state index contributed by atoms with van der Waals surface area (Å²) in [7, 11) is 1.53. The summed E-state index contributed by atoms with van der Waals surface area (Å²) in [6.07, 6.45) is -2.40. The molecule has 0 saturated carbocycles. The highest BCUT2D eigenvalue weighted by Crippen LogP contribution is 2.34. The zero-order chi connectivity index (χ0) is 30.6. The van der Waals surface area contributed by atoms with Crippen molar-refractivity contribution < 1.29 is 52.4 Å². The van der Waals surface area contributed by atoms with Gasteiger partial charge in [-0.2, -0.15) is 0 Å². The Balaban J connectivity index is 1.70. The lowest BCUT2D eigenvalue weighted by atomic mass is 9.97. The molecule has 5 atom stereocenters. The number of aldehydes is 1. The van der Waals surface area contributed by atoms with Crippen LogP contribution in [0.4, 0.5) is 0 Å². The first-order chi connectivity index (χ1) is 20.0. The van der Waals surface area contributed by atoms with E-state index in [1.807, 2.05) is 6.07 Å². The molecule has 1 fully saturated rings. The summed E-state index contributed by atoms with van der Waals surface area (Å²) in [6, 6.07) is 5.33. The van der Waals surface area contributed by atoms with Gasteiger partial charge >= 0.3 is 23.9 Å². The lowest BCUT2D eigenvalue weighted by Crippen LogP contribution is -2.60. The number of nitrogens with zero attached hydrogens (tertiary/aromatic N) is 4. The van der Waals surface area contributed by atoms with E-state index in [-0.39, 0.29) is 13.2 Å². The first-order valence-corrected chi connectivity index (χ1v) is 12.8. The summed E-state index contributed by atoms with van der Waals surface area (Å²) in [5.41, 5.74) is 1.64. The summed E-state index contributed by atoms with van der Waals surface area (Å²) in [5.74, 6) is -2.25. The molecule has 1 aromatic carbocycles. The SMILES string of the molecule is COc1ccc2c(c1)c(C=O)cn2Cc1cn([C@@H]2O[C@H](COC(C)=O)[C@@H](OC(C)=O)[C@H](OC(C)=O)[C@H]2OC(C)=O)nn1. The van der Waals surface area contributed by atoms with Crippen molar-refractivity contribution in [3.8, 4) is 5.75 Å². The number of esters is 4. The molecule has 1 aliphatic rings. The number of fused-ring (bicyclic) bond motifs is 1. The smallest absolute Gasteiger partial charge is 0.303 e. The number of hydrogen-bond donors (Lipinski definition) is 0. The molecule has 3 heterocycles. The molecule has 42 heavy (non-hydrogen) atoms. The first-order valence-electron chi connectivity index (χ1n) is 12.8. The van der Waals surface area contributed by atoms with Crippen LogP contribution in [0.3, 0.4) is 0 Å². The maximum absolute atomic E-state index is 12.1. The van der Waals surface area contributed by atoms with Gasteiger partial charge in [-0.1, -0.05) is 5.21 Å². The molecule has 0 bridgehead atoms. The van der Waals surface area contributed by atoms with Crippen molar-refractivity contribution in [2.75, 3.05) is 13.7 Å². The van der Waals surface area contributed by atoms with E-state index in [1.165, 1.54) is 24.9 Å². The van der Waals surface area contributed by atoms with Crippen LogP contribution in [0.1, 0.15) is 50.0 Å². The molecule has 1 saturated heterocycles. The molecular formula is C27H30N4O11. The van der Waals surface area contributed by atoms with Gasteiger partial charge in [0.25, 0.3) is 0 Å². The predicted octanol–water partition coefficient (Wildman–Crippen LogP) is 1.36. The largest absolute Gasteiger partial charge is 0.497 e. The average Bonchev–Trinajstić information content (AvgIpc) is 3.53. The van der Waals surface area contributed by atoms with Crippen molar-refractivity contribution in [2.45, 2.75) is 64.9 Å². The van der Waals surface area contributed by atoms with Gasteiger partial charge < -0.3 is 33.0 Å². The molecule has 1 aliphatic heterocycles. The first kappa shape index (κ1) is 30.2. The minimum atomic E-state index is -1.35. The Bertz CT molecular complexity index is 1500. The van der Waals surface area contributed by atoms with Crippen LogP contribution in [0, 0.1) is 0 Å². The summed E-state index contributed by atoms with van der Waals surface area (Å²) >= 11 is 0. The van der Waals surface area contributed by atoms with Crippen LogP contribution in [-0.2, 0) is 49.4 Å². The fraction of sp³-hybridized carbons (Fsp3) is 0.444. The van der Waals surface area contributed by atoms with Crippen molar-refractivity contribution in [1.29, 1.82) is 0 Å². The second-order valence-corrected chi connectivity index (χ2v) is 9.49. The van der Waals surface area contributed by atoms with Crippen LogP contribution in [0.25, 0.3) is 10.9 Å². The van der Waals surface area contributed by atoms with E-state index >= 15 is 0 Å². The van der Waals surface area contributed by atoms with Crippen molar-refractivity contribution in [3.63, 3.8) is 0 Å². The molecule has 0 N–H and O–H groups in total. The summed E-state index contributed by atoms with van der Waals surface area (Å²) in [4.78, 5) is 59.4. The minimum absolute atomic E-state index is 0.196. The van der Waals surface area contributed by atoms with Crippen LogP contribution in [0.2, 0.25) is 0 Å². The van der Waals surface area contributed by atoms with E-state index in [2.05, 4.69) is 10.3 Å². The highest BCUT2D eigenvalue weighted by atomic mass is 16.7. The lowest BCUT2D eigenvalue weighted by Gasteiger charge is -2.44. The number of aromatic nitrogens is 4. The Morgan fingerprint density at radius 3 is 2.21 bits per heavy atom. The molecule has 15 nitrogen and oxygen atoms in total. The second-order valence-electron chi connectivity index (χ2n) is 9.49. The Morgan fingerprint density at radius 1 is 0.929 bits per heavy atom. The monoisotopic (exact) mass is 586 g/mol. The van der Waals surface area contributed by atoms with Gasteiger partial charge in [-0.25, -0.2) is 4.68 Å². The Morgan fingerprint density at radius 2 is 1.60 bits per heavy atom. The molecule has 0 aliphatic carbocycles. The van der Waals surface area contributed by atoms with Gasteiger partial charge in [0.05, 0.1) is 19.9 Å². The number of ether oxygens (including phenoxy) is 6. The van der Waals surface area contributed by atoms with Gasteiger partial charge in [0.15, 0.2) is 30.8 Å². The predicted molar refractivity (Wildman–Crippen MR) is 140 cm³/mol. The average molecular weight is 587 g/mol. The zero-order valence-electron chi connectivity index (χ0n) is 23.5. The maximum atomic E-state index is 12.1. The van der Waals surface area contributed by atoms with E-state index in [9.17, 15) is 24.0 Å². The fourth-order valence-electron chi connectivity index (χ4n) is 4.76. The summed E-state index contributed by atoms with van der Waals surface area (Å²) in [5, 5.41) is 9.05. The van der Waals surface area contributed by atoms with Gasteiger partial charge in [0, 0.05) is 50.4 Å². The van der Waals surface area contributed by atoms with E-state index in [0.29, 0.717) is 22.4 Å². The van der Waals surface area contributed by atoms with Crippen LogP contribution in [0.15, 0.2) is 30.6 Å². The number of hydrogen-bond acceptors (Lipinski definition) is 13. The molecule has 4 rings (SSSR count).